The quantitative estimate of drug-likeness (QED) is 0.273. The van der Waals surface area contributed by atoms with Gasteiger partial charge in [-0.1, -0.05) is 50.6 Å². The number of hydrogen-bond acceptors (Lipinski definition) is 8. The fourth-order valence-electron chi connectivity index (χ4n) is 4.73. The van der Waals surface area contributed by atoms with Crippen LogP contribution in [-0.4, -0.2) is 39.1 Å². The Morgan fingerprint density at radius 3 is 2.49 bits per heavy atom. The summed E-state index contributed by atoms with van der Waals surface area (Å²) in [6.45, 7) is 3.80. The zero-order valence-corrected chi connectivity index (χ0v) is 23.3. The second-order valence-electron chi connectivity index (χ2n) is 9.36. The zero-order valence-electron chi connectivity index (χ0n) is 22.5. The normalized spacial score (nSPS) is 12.0. The van der Waals surface area contributed by atoms with Crippen LogP contribution in [0.1, 0.15) is 66.5 Å². The maximum absolute atomic E-state index is 13.7. The summed E-state index contributed by atoms with van der Waals surface area (Å²) in [6.07, 6.45) is 3.35. The Balaban J connectivity index is 1.87. The molecule has 2 aromatic heterocycles. The van der Waals surface area contributed by atoms with Gasteiger partial charge in [-0.2, -0.15) is 10.2 Å². The van der Waals surface area contributed by atoms with Gasteiger partial charge >= 0.3 is 5.97 Å². The van der Waals surface area contributed by atoms with E-state index in [0.29, 0.717) is 41.5 Å². The third kappa shape index (κ3) is 5.73. The van der Waals surface area contributed by atoms with Gasteiger partial charge < -0.3 is 10.2 Å². The Kier molecular flexibility index (Phi) is 8.64. The fourth-order valence-corrected chi connectivity index (χ4v) is 5.99. The summed E-state index contributed by atoms with van der Waals surface area (Å²) in [5.41, 5.74) is 0.657. The molecule has 2 heterocycles. The molecule has 2 aromatic carbocycles. The molecule has 0 saturated carbocycles. The summed E-state index contributed by atoms with van der Waals surface area (Å²) in [7, 11) is -4.65. The Morgan fingerprint density at radius 1 is 1.10 bits per heavy atom. The van der Waals surface area contributed by atoms with E-state index in [-0.39, 0.29) is 11.4 Å². The second kappa shape index (κ2) is 12.1. The van der Waals surface area contributed by atoms with Crippen LogP contribution in [0, 0.1) is 11.3 Å². The van der Waals surface area contributed by atoms with Crippen molar-refractivity contribution in [2.75, 3.05) is 0 Å². The lowest BCUT2D eigenvalue weighted by molar-refractivity contribution is 0.0697. The van der Waals surface area contributed by atoms with Crippen molar-refractivity contribution in [3.63, 3.8) is 0 Å². The van der Waals surface area contributed by atoms with E-state index in [9.17, 15) is 33.5 Å². The van der Waals surface area contributed by atoms with E-state index < -0.39 is 43.2 Å². The number of carboxylic acids is 1. The molecule has 1 unspecified atom stereocenters. The number of unbranched alkanes of at least 4 members (excludes halogenated alkanes) is 1. The van der Waals surface area contributed by atoms with E-state index in [1.165, 1.54) is 22.9 Å². The summed E-state index contributed by atoms with van der Waals surface area (Å²) >= 11 is 0. The van der Waals surface area contributed by atoms with Gasteiger partial charge in [0.25, 0.3) is 5.56 Å². The monoisotopic (exact) mass is 572 g/mol. The van der Waals surface area contributed by atoms with E-state index >= 15 is 0 Å². The molecule has 0 bridgehead atoms. The highest BCUT2D eigenvalue weighted by atomic mass is 32.2. The minimum atomic E-state index is -4.65. The van der Waals surface area contributed by atoms with Crippen LogP contribution in [0.5, 0.6) is 5.88 Å². The van der Waals surface area contributed by atoms with Crippen LogP contribution in [0.2, 0.25) is 0 Å². The van der Waals surface area contributed by atoms with Crippen molar-refractivity contribution < 1.29 is 23.4 Å². The fraction of sp³-hybridized carbons (Fsp3) is 0.233. The number of hydrogen-bond donors (Lipinski definition) is 2. The van der Waals surface area contributed by atoms with E-state index in [0.717, 1.165) is 12.5 Å². The highest BCUT2D eigenvalue weighted by molar-refractivity contribution is 7.91. The van der Waals surface area contributed by atoms with Gasteiger partial charge in [0.2, 0.25) is 20.6 Å². The third-order valence-electron chi connectivity index (χ3n) is 6.74. The van der Waals surface area contributed by atoms with Gasteiger partial charge in [-0.3, -0.25) is 9.36 Å². The van der Waals surface area contributed by atoms with Crippen molar-refractivity contribution in [2.24, 2.45) is 0 Å². The molecule has 0 spiro atoms. The number of nitriles is 1. The van der Waals surface area contributed by atoms with Crippen LogP contribution in [0.3, 0.4) is 0 Å². The molecule has 4 aromatic rings. The van der Waals surface area contributed by atoms with Crippen molar-refractivity contribution >= 4 is 15.8 Å². The van der Waals surface area contributed by atoms with Crippen molar-refractivity contribution in [1.29, 1.82) is 5.26 Å². The lowest BCUT2D eigenvalue weighted by Crippen LogP contribution is -2.27. The topological polar surface area (TPSA) is 163 Å². The van der Waals surface area contributed by atoms with Gasteiger partial charge in [0.05, 0.1) is 23.2 Å². The van der Waals surface area contributed by atoms with E-state index in [4.69, 9.17) is 0 Å². The zero-order chi connectivity index (χ0) is 29.7. The molecule has 11 heteroatoms. The maximum Gasteiger partial charge on any atom is 0.336 e. The van der Waals surface area contributed by atoms with Crippen LogP contribution >= 0.6 is 0 Å². The molecule has 4 rings (SSSR count). The number of carboxylic acid groups (broad SMARTS) is 1. The van der Waals surface area contributed by atoms with Gasteiger partial charge in [-0.05, 0) is 54.3 Å². The number of aromatic nitrogens is 3. The first-order chi connectivity index (χ1) is 19.6. The first kappa shape index (κ1) is 29.2. The Labute approximate surface area is 237 Å². The van der Waals surface area contributed by atoms with Gasteiger partial charge in [-0.15, -0.1) is 0 Å². The lowest BCUT2D eigenvalue weighted by atomic mass is 10.0. The van der Waals surface area contributed by atoms with E-state index in [1.807, 2.05) is 13.8 Å². The number of benzene rings is 2. The average molecular weight is 573 g/mol. The molecule has 0 saturated heterocycles. The molecule has 0 aliphatic heterocycles. The number of pyridine rings is 1. The maximum atomic E-state index is 13.7. The van der Waals surface area contributed by atoms with E-state index in [2.05, 4.69) is 16.0 Å². The largest absolute Gasteiger partial charge is 0.493 e. The Hall–Kier alpha value is -4.82. The van der Waals surface area contributed by atoms with Crippen LogP contribution < -0.4 is 5.56 Å². The van der Waals surface area contributed by atoms with Crippen LogP contribution in [-0.2, 0) is 16.3 Å². The summed E-state index contributed by atoms with van der Waals surface area (Å²) < 4.78 is 28.8. The molecule has 1 atom stereocenters. The molecule has 10 nitrogen and oxygen atoms in total. The number of aromatic hydroxyl groups is 1. The standard InChI is InChI=1S/C30H28N4O6S/c1-3-5-13-25-33-28(35)27(29(36)34(25)24(4-2)20-10-8-9-19(16-20)17-31)41(39,40)26-15-14-21(18-32-26)22-11-6-7-12-23(22)30(37)38/h6-12,14-16,18,24,36H,3-5,13H2,1-2H3,(H,37,38). The van der Waals surface area contributed by atoms with Crippen LogP contribution in [0.15, 0.2) is 81.6 Å². The second-order valence-corrected chi connectivity index (χ2v) is 11.2. The first-order valence-corrected chi connectivity index (χ1v) is 14.5. The molecule has 0 radical (unpaired) electrons. The number of nitrogens with zero attached hydrogens (tertiary/aromatic N) is 4. The summed E-state index contributed by atoms with van der Waals surface area (Å²) in [5.74, 6) is -1.67. The lowest BCUT2D eigenvalue weighted by Gasteiger charge is -2.25. The van der Waals surface area contributed by atoms with Crippen molar-refractivity contribution in [1.82, 2.24) is 14.5 Å². The summed E-state index contributed by atoms with van der Waals surface area (Å²) in [4.78, 5) is 32.0. The smallest absolute Gasteiger partial charge is 0.336 e. The molecule has 0 amide bonds. The third-order valence-corrected chi connectivity index (χ3v) is 8.42. The molecule has 210 valence electrons. The van der Waals surface area contributed by atoms with Gasteiger partial charge in [0.1, 0.15) is 5.82 Å². The van der Waals surface area contributed by atoms with Crippen molar-refractivity contribution in [3.05, 3.63) is 99.7 Å². The summed E-state index contributed by atoms with van der Waals surface area (Å²) in [5, 5.41) is 29.8. The van der Waals surface area contributed by atoms with Gasteiger partial charge in [0, 0.05) is 18.2 Å². The molecular weight excluding hydrogens is 544 g/mol. The van der Waals surface area contributed by atoms with Gasteiger partial charge in [-0.25, -0.2) is 18.2 Å². The highest BCUT2D eigenvalue weighted by Crippen LogP contribution is 2.34. The highest BCUT2D eigenvalue weighted by Gasteiger charge is 2.32. The van der Waals surface area contributed by atoms with Gasteiger partial charge in [0.15, 0.2) is 5.03 Å². The minimum absolute atomic E-state index is 0.0170. The predicted molar refractivity (Wildman–Crippen MR) is 150 cm³/mol. The number of aryl methyl sites for hydroxylation is 1. The molecule has 2 N–H and O–H groups in total. The number of sulfone groups is 1. The summed E-state index contributed by atoms with van der Waals surface area (Å²) in [6, 6.07) is 17.0. The van der Waals surface area contributed by atoms with Crippen molar-refractivity contribution in [2.45, 2.75) is 55.5 Å². The van der Waals surface area contributed by atoms with E-state index in [1.54, 1.807) is 42.5 Å². The average Bonchev–Trinajstić information content (AvgIpc) is 2.97. The number of aromatic carboxylic acids is 1. The molecule has 0 fully saturated rings. The predicted octanol–water partition coefficient (Wildman–Crippen LogP) is 4.76. The number of rotatable bonds is 10. The van der Waals surface area contributed by atoms with Crippen molar-refractivity contribution in [3.8, 4) is 23.1 Å². The van der Waals surface area contributed by atoms with Crippen LogP contribution in [0.25, 0.3) is 11.1 Å². The molecular formula is C30H28N4O6S. The number of carbonyl (C=O) groups is 1. The molecule has 0 aliphatic rings. The molecule has 0 aliphatic carbocycles. The molecule has 41 heavy (non-hydrogen) atoms. The van der Waals surface area contributed by atoms with Crippen LogP contribution in [0.4, 0.5) is 0 Å². The SMILES string of the molecule is CCCCc1nc(=O)c(S(=O)(=O)c2ccc(-c3ccccc3C(=O)O)cn2)c(O)n1C(CC)c1cccc(C#N)c1. The first-order valence-electron chi connectivity index (χ1n) is 13.0. The Bertz CT molecular complexity index is 1810. The minimum Gasteiger partial charge on any atom is -0.493 e. The Morgan fingerprint density at radius 2 is 1.85 bits per heavy atom.